The first-order chi connectivity index (χ1) is 15.9. The summed E-state index contributed by atoms with van der Waals surface area (Å²) in [7, 11) is 0. The van der Waals surface area contributed by atoms with Crippen LogP contribution < -0.4 is 5.32 Å². The van der Waals surface area contributed by atoms with Gasteiger partial charge >= 0.3 is 0 Å². The number of pyridine rings is 2. The number of aliphatic hydroxyl groups is 1. The number of fused-ring (bicyclic) bond motifs is 1. The van der Waals surface area contributed by atoms with E-state index in [0.29, 0.717) is 54.2 Å². The predicted molar refractivity (Wildman–Crippen MR) is 120 cm³/mol. The summed E-state index contributed by atoms with van der Waals surface area (Å²) in [6, 6.07) is 5.57. The molecule has 11 heteroatoms. The molecule has 4 aromatic heterocycles. The van der Waals surface area contributed by atoms with E-state index in [1.807, 2.05) is 0 Å². The lowest BCUT2D eigenvalue weighted by molar-refractivity contribution is 0.0711. The van der Waals surface area contributed by atoms with Crippen LogP contribution in [0.1, 0.15) is 37.9 Å². The van der Waals surface area contributed by atoms with Gasteiger partial charge in [-0.25, -0.2) is 14.6 Å². The van der Waals surface area contributed by atoms with Gasteiger partial charge in [-0.05, 0) is 39.2 Å². The van der Waals surface area contributed by atoms with Gasteiger partial charge < -0.3 is 10.4 Å². The molecular formula is C22H24FN9O. The van der Waals surface area contributed by atoms with Crippen molar-refractivity contribution in [2.45, 2.75) is 38.7 Å². The fraction of sp³-hybridized carbons (Fsp3) is 0.364. The molecule has 170 valence electrons. The maximum atomic E-state index is 12.7. The summed E-state index contributed by atoms with van der Waals surface area (Å²) < 4.78 is 15.9. The number of halogens is 1. The fourth-order valence-electron chi connectivity index (χ4n) is 3.28. The number of anilines is 1. The molecule has 0 bridgehead atoms. The van der Waals surface area contributed by atoms with Crippen molar-refractivity contribution in [3.8, 4) is 17.6 Å². The molecule has 0 fully saturated rings. The summed E-state index contributed by atoms with van der Waals surface area (Å²) in [5, 5.41) is 35.8. The molecule has 0 aliphatic heterocycles. The molecule has 0 spiro atoms. The molecule has 0 saturated carbocycles. The SMILES string of the molecule is CC(C)(O)CCc1cn(-c2cnc(-n3ncc4cc(C#N)cnc43)cc2NCCCF)nn1. The van der Waals surface area contributed by atoms with Crippen molar-refractivity contribution in [3.05, 3.63) is 48.2 Å². The highest BCUT2D eigenvalue weighted by Gasteiger charge is 2.16. The standard InChI is InChI=1S/C22H24FN9O/c1-22(2,33)5-4-17-14-31(30-29-17)19-13-26-20(9-18(19)25-7-3-6-23)32-21-16(12-28-32)8-15(10-24)11-27-21/h8-9,11-14,33H,3-7H2,1-2H3,(H,25,26). The first kappa shape index (κ1) is 22.3. The lowest BCUT2D eigenvalue weighted by Crippen LogP contribution is -2.19. The minimum Gasteiger partial charge on any atom is -0.390 e. The van der Waals surface area contributed by atoms with E-state index in [1.165, 1.54) is 6.20 Å². The summed E-state index contributed by atoms with van der Waals surface area (Å²) in [5.74, 6) is 0.510. The van der Waals surface area contributed by atoms with Gasteiger partial charge in [0.05, 0.1) is 47.8 Å². The minimum absolute atomic E-state index is 0.356. The van der Waals surface area contributed by atoms with Crippen LogP contribution >= 0.6 is 0 Å². The van der Waals surface area contributed by atoms with Crippen LogP contribution in [0.5, 0.6) is 0 Å². The molecule has 0 aromatic carbocycles. The van der Waals surface area contributed by atoms with E-state index in [-0.39, 0.29) is 0 Å². The Kier molecular flexibility index (Phi) is 6.28. The van der Waals surface area contributed by atoms with Gasteiger partial charge in [-0.1, -0.05) is 5.21 Å². The third-order valence-corrected chi connectivity index (χ3v) is 5.03. The monoisotopic (exact) mass is 449 g/mol. The van der Waals surface area contributed by atoms with Crippen LogP contribution in [0.25, 0.3) is 22.5 Å². The fourth-order valence-corrected chi connectivity index (χ4v) is 3.28. The van der Waals surface area contributed by atoms with Crippen LogP contribution in [0.4, 0.5) is 10.1 Å². The largest absolute Gasteiger partial charge is 0.390 e. The topological polar surface area (TPSA) is 130 Å². The molecule has 33 heavy (non-hydrogen) atoms. The Morgan fingerprint density at radius 2 is 2.06 bits per heavy atom. The molecule has 0 radical (unpaired) electrons. The molecule has 4 heterocycles. The van der Waals surface area contributed by atoms with Gasteiger partial charge in [-0.3, -0.25) is 4.39 Å². The second-order valence-electron chi connectivity index (χ2n) is 8.30. The quantitative estimate of drug-likeness (QED) is 0.373. The van der Waals surface area contributed by atoms with Crippen LogP contribution in [0.15, 0.2) is 36.9 Å². The van der Waals surface area contributed by atoms with Crippen molar-refractivity contribution in [3.63, 3.8) is 0 Å². The second-order valence-corrected chi connectivity index (χ2v) is 8.30. The average Bonchev–Trinajstić information content (AvgIpc) is 3.44. The summed E-state index contributed by atoms with van der Waals surface area (Å²) >= 11 is 0. The molecule has 0 amide bonds. The molecular weight excluding hydrogens is 425 g/mol. The van der Waals surface area contributed by atoms with Gasteiger partial charge in [0.15, 0.2) is 11.5 Å². The van der Waals surface area contributed by atoms with Crippen molar-refractivity contribution >= 4 is 16.7 Å². The summed E-state index contributed by atoms with van der Waals surface area (Å²) in [6.07, 6.45) is 8.03. The van der Waals surface area contributed by atoms with E-state index >= 15 is 0 Å². The van der Waals surface area contributed by atoms with Gasteiger partial charge in [0.2, 0.25) is 0 Å². The number of nitrogens with zero attached hydrogens (tertiary/aromatic N) is 8. The van der Waals surface area contributed by atoms with Crippen LogP contribution in [0.2, 0.25) is 0 Å². The van der Waals surface area contributed by atoms with Gasteiger partial charge in [0.1, 0.15) is 11.8 Å². The summed E-state index contributed by atoms with van der Waals surface area (Å²) in [4.78, 5) is 8.86. The van der Waals surface area contributed by atoms with Crippen molar-refractivity contribution in [2.75, 3.05) is 18.5 Å². The number of nitrogens with one attached hydrogen (secondary N) is 1. The second kappa shape index (κ2) is 9.30. The average molecular weight is 449 g/mol. The normalized spacial score (nSPS) is 11.6. The van der Waals surface area contributed by atoms with Gasteiger partial charge in [-0.2, -0.15) is 15.0 Å². The van der Waals surface area contributed by atoms with Crippen LogP contribution in [-0.4, -0.2) is 58.7 Å². The smallest absolute Gasteiger partial charge is 0.164 e. The molecule has 0 atom stereocenters. The van der Waals surface area contributed by atoms with Crippen LogP contribution in [0, 0.1) is 11.3 Å². The van der Waals surface area contributed by atoms with Gasteiger partial charge in [-0.15, -0.1) is 5.10 Å². The predicted octanol–water partition coefficient (Wildman–Crippen LogP) is 2.74. The number of nitriles is 1. The van der Waals surface area contributed by atoms with E-state index in [1.54, 1.807) is 53.9 Å². The zero-order valence-corrected chi connectivity index (χ0v) is 18.4. The molecule has 0 aliphatic carbocycles. The highest BCUT2D eigenvalue weighted by atomic mass is 19.1. The molecule has 0 saturated heterocycles. The first-order valence-corrected chi connectivity index (χ1v) is 10.6. The van der Waals surface area contributed by atoms with E-state index < -0.39 is 12.3 Å². The summed E-state index contributed by atoms with van der Waals surface area (Å²) in [5.41, 5.74) is 2.30. The van der Waals surface area contributed by atoms with E-state index in [0.717, 1.165) is 11.1 Å². The molecule has 0 aliphatic rings. The van der Waals surface area contributed by atoms with Crippen molar-refractivity contribution in [1.29, 1.82) is 5.26 Å². The number of hydrogen-bond acceptors (Lipinski definition) is 8. The molecule has 0 unspecified atom stereocenters. The van der Waals surface area contributed by atoms with Crippen molar-refractivity contribution < 1.29 is 9.50 Å². The highest BCUT2D eigenvalue weighted by molar-refractivity contribution is 5.77. The maximum Gasteiger partial charge on any atom is 0.164 e. The maximum absolute atomic E-state index is 12.7. The third kappa shape index (κ3) is 5.12. The lowest BCUT2D eigenvalue weighted by Gasteiger charge is -2.15. The Labute approximate surface area is 189 Å². The Balaban J connectivity index is 1.68. The first-order valence-electron chi connectivity index (χ1n) is 10.6. The van der Waals surface area contributed by atoms with E-state index in [2.05, 4.69) is 36.8 Å². The number of hydrogen-bond donors (Lipinski definition) is 2. The Bertz CT molecular complexity index is 1300. The van der Waals surface area contributed by atoms with Crippen LogP contribution in [0.3, 0.4) is 0 Å². The van der Waals surface area contributed by atoms with Gasteiger partial charge in [0.25, 0.3) is 0 Å². The summed E-state index contributed by atoms with van der Waals surface area (Å²) in [6.45, 7) is 3.50. The lowest BCUT2D eigenvalue weighted by atomic mass is 10.0. The van der Waals surface area contributed by atoms with E-state index in [9.17, 15) is 9.50 Å². The van der Waals surface area contributed by atoms with Crippen molar-refractivity contribution in [1.82, 2.24) is 34.7 Å². The molecule has 4 rings (SSSR count). The van der Waals surface area contributed by atoms with Crippen LogP contribution in [-0.2, 0) is 6.42 Å². The third-order valence-electron chi connectivity index (χ3n) is 5.03. The Hall–Kier alpha value is -3.91. The van der Waals surface area contributed by atoms with Crippen molar-refractivity contribution in [2.24, 2.45) is 0 Å². The Morgan fingerprint density at radius 3 is 2.82 bits per heavy atom. The highest BCUT2D eigenvalue weighted by Crippen LogP contribution is 2.24. The molecule has 2 N–H and O–H groups in total. The van der Waals surface area contributed by atoms with Gasteiger partial charge in [0, 0.05) is 24.2 Å². The van der Waals surface area contributed by atoms with E-state index in [4.69, 9.17) is 5.26 Å². The number of aryl methyl sites for hydroxylation is 1. The zero-order chi connectivity index (χ0) is 23.4. The number of alkyl halides is 1. The molecule has 10 nitrogen and oxygen atoms in total. The minimum atomic E-state index is -0.791. The zero-order valence-electron chi connectivity index (χ0n) is 18.4. The number of aromatic nitrogens is 7. The number of rotatable bonds is 9. The Morgan fingerprint density at radius 1 is 1.21 bits per heavy atom. The molecule has 4 aromatic rings.